The molecular weight excluding hydrogens is 410 g/mol. The van der Waals surface area contributed by atoms with Gasteiger partial charge in [-0.2, -0.15) is 10.1 Å². The summed E-state index contributed by atoms with van der Waals surface area (Å²) in [6, 6.07) is 5.77. The average molecular weight is 429 g/mol. The second-order valence-electron chi connectivity index (χ2n) is 6.72. The van der Waals surface area contributed by atoms with Gasteiger partial charge >= 0.3 is 0 Å². The maximum atomic E-state index is 11.5. The van der Waals surface area contributed by atoms with Gasteiger partial charge in [0.1, 0.15) is 0 Å². The standard InChI is InChI=1S/C18H19N7O4S/c1-30(27,28)25-16(26)10-29-14-5-2-11(3-6-14)17-21-18(24-23-17)20-13-4-7-15-12(8-13)9-19-22-15/h2,4-5,7-9H,3,6,10H2,1H3,(H,19,22)(H,25,26)(H2,20,21,23,24). The summed E-state index contributed by atoms with van der Waals surface area (Å²) in [6.45, 7) is -0.362. The van der Waals surface area contributed by atoms with Crippen molar-refractivity contribution in [3.63, 3.8) is 0 Å². The lowest BCUT2D eigenvalue weighted by molar-refractivity contribution is -0.122. The normalized spacial score (nSPS) is 14.2. The van der Waals surface area contributed by atoms with E-state index < -0.39 is 15.9 Å². The van der Waals surface area contributed by atoms with Gasteiger partial charge in [0.2, 0.25) is 16.0 Å². The lowest BCUT2D eigenvalue weighted by Crippen LogP contribution is -2.32. The first-order valence-electron chi connectivity index (χ1n) is 9.02. The van der Waals surface area contributed by atoms with Crippen LogP contribution in [0.3, 0.4) is 0 Å². The molecule has 0 saturated heterocycles. The van der Waals surface area contributed by atoms with E-state index in [1.165, 1.54) is 0 Å². The van der Waals surface area contributed by atoms with Crippen LogP contribution in [-0.2, 0) is 19.6 Å². The zero-order valence-corrected chi connectivity index (χ0v) is 16.8. The van der Waals surface area contributed by atoms with E-state index in [9.17, 15) is 13.2 Å². The molecule has 0 saturated carbocycles. The Kier molecular flexibility index (Phi) is 5.23. The topological polar surface area (TPSA) is 155 Å². The van der Waals surface area contributed by atoms with Crippen LogP contribution < -0.4 is 10.0 Å². The molecule has 0 radical (unpaired) electrons. The van der Waals surface area contributed by atoms with E-state index in [1.807, 2.05) is 29.0 Å². The molecule has 30 heavy (non-hydrogen) atoms. The molecule has 0 bridgehead atoms. The summed E-state index contributed by atoms with van der Waals surface area (Å²) in [5.41, 5.74) is 2.73. The number of hydrogen-bond donors (Lipinski definition) is 4. The van der Waals surface area contributed by atoms with Gasteiger partial charge in [-0.1, -0.05) is 6.08 Å². The van der Waals surface area contributed by atoms with Gasteiger partial charge < -0.3 is 10.1 Å². The smallest absolute Gasteiger partial charge is 0.271 e. The van der Waals surface area contributed by atoms with E-state index in [4.69, 9.17) is 4.74 Å². The van der Waals surface area contributed by atoms with Gasteiger partial charge in [0, 0.05) is 17.5 Å². The fourth-order valence-electron chi connectivity index (χ4n) is 2.94. The van der Waals surface area contributed by atoms with Crippen molar-refractivity contribution in [2.45, 2.75) is 12.8 Å². The van der Waals surface area contributed by atoms with Crippen molar-refractivity contribution in [1.82, 2.24) is 30.1 Å². The van der Waals surface area contributed by atoms with Crippen molar-refractivity contribution < 1.29 is 17.9 Å². The Hall–Kier alpha value is -3.67. The summed E-state index contributed by atoms with van der Waals surface area (Å²) in [7, 11) is -3.59. The summed E-state index contributed by atoms with van der Waals surface area (Å²) < 4.78 is 29.3. The Morgan fingerprint density at radius 3 is 2.87 bits per heavy atom. The molecule has 1 aliphatic carbocycles. The predicted molar refractivity (Wildman–Crippen MR) is 110 cm³/mol. The lowest BCUT2D eigenvalue weighted by Gasteiger charge is -2.14. The number of nitrogens with one attached hydrogen (secondary N) is 4. The number of nitrogens with zero attached hydrogens (tertiary/aromatic N) is 3. The molecule has 11 nitrogen and oxygen atoms in total. The highest BCUT2D eigenvalue weighted by atomic mass is 32.2. The molecule has 156 valence electrons. The van der Waals surface area contributed by atoms with Crippen molar-refractivity contribution in [3.8, 4) is 0 Å². The zero-order valence-electron chi connectivity index (χ0n) is 16.0. The summed E-state index contributed by atoms with van der Waals surface area (Å²) in [6.07, 6.45) is 7.40. The van der Waals surface area contributed by atoms with Crippen LogP contribution in [0.2, 0.25) is 0 Å². The second kappa shape index (κ2) is 7.99. The molecule has 2 aromatic heterocycles. The van der Waals surface area contributed by atoms with Crippen LogP contribution >= 0.6 is 0 Å². The van der Waals surface area contributed by atoms with Crippen LogP contribution in [0.5, 0.6) is 0 Å². The number of aromatic amines is 2. The third kappa shape index (κ3) is 4.84. The minimum atomic E-state index is -3.59. The Morgan fingerprint density at radius 2 is 2.10 bits per heavy atom. The first-order chi connectivity index (χ1) is 14.4. The van der Waals surface area contributed by atoms with Gasteiger partial charge in [0.15, 0.2) is 12.4 Å². The van der Waals surface area contributed by atoms with Gasteiger partial charge in [0.05, 0.1) is 23.7 Å². The van der Waals surface area contributed by atoms with Crippen LogP contribution in [-0.4, -0.2) is 52.6 Å². The molecule has 2 heterocycles. The number of amides is 1. The highest BCUT2D eigenvalue weighted by Crippen LogP contribution is 2.26. The van der Waals surface area contributed by atoms with Gasteiger partial charge in [-0.25, -0.2) is 8.42 Å². The average Bonchev–Trinajstić information content (AvgIpc) is 3.34. The number of hydrogen-bond acceptors (Lipinski definition) is 8. The molecule has 1 aliphatic rings. The van der Waals surface area contributed by atoms with Crippen LogP contribution in [0.25, 0.3) is 16.5 Å². The molecule has 4 N–H and O–H groups in total. The summed E-state index contributed by atoms with van der Waals surface area (Å²) in [4.78, 5) is 16.0. The van der Waals surface area contributed by atoms with Gasteiger partial charge in [0.25, 0.3) is 5.91 Å². The predicted octanol–water partition coefficient (Wildman–Crippen LogP) is 1.58. The summed E-state index contributed by atoms with van der Waals surface area (Å²) >= 11 is 0. The molecule has 12 heteroatoms. The van der Waals surface area contributed by atoms with Crippen molar-refractivity contribution in [1.29, 1.82) is 0 Å². The molecule has 0 spiro atoms. The molecule has 0 atom stereocenters. The van der Waals surface area contributed by atoms with E-state index in [2.05, 4.69) is 30.7 Å². The summed E-state index contributed by atoms with van der Waals surface area (Å²) in [5, 5.41) is 18.1. The number of carbonyl (C=O) groups is 1. The highest BCUT2D eigenvalue weighted by Gasteiger charge is 2.15. The molecule has 4 rings (SSSR count). The number of H-pyrrole nitrogens is 2. The number of allylic oxidation sites excluding steroid dienone is 4. The second-order valence-corrected chi connectivity index (χ2v) is 8.46. The monoisotopic (exact) mass is 429 g/mol. The third-order valence-corrected chi connectivity index (χ3v) is 4.88. The molecule has 1 aromatic carbocycles. The largest absolute Gasteiger partial charge is 0.488 e. The molecule has 0 aliphatic heterocycles. The van der Waals surface area contributed by atoms with Crippen LogP contribution in [0.1, 0.15) is 18.7 Å². The van der Waals surface area contributed by atoms with Crippen LogP contribution in [0, 0.1) is 0 Å². The maximum Gasteiger partial charge on any atom is 0.271 e. The minimum Gasteiger partial charge on any atom is -0.488 e. The van der Waals surface area contributed by atoms with Crippen molar-refractivity contribution in [3.05, 3.63) is 48.1 Å². The molecule has 1 amide bonds. The molecular formula is C18H19N7O4S. The van der Waals surface area contributed by atoms with E-state index in [-0.39, 0.29) is 6.61 Å². The zero-order chi connectivity index (χ0) is 21.1. The SMILES string of the molecule is CS(=O)(=O)NC(=O)COC1=CC=C(c2nc(Nc3ccc4[nH]ncc4c3)n[nH]2)CC1. The van der Waals surface area contributed by atoms with Crippen molar-refractivity contribution in [2.75, 3.05) is 18.2 Å². The Labute approximate surface area is 171 Å². The number of fused-ring (bicyclic) bond motifs is 1. The number of sulfonamides is 1. The van der Waals surface area contributed by atoms with E-state index in [0.29, 0.717) is 30.4 Å². The minimum absolute atomic E-state index is 0.362. The van der Waals surface area contributed by atoms with E-state index in [1.54, 1.807) is 12.3 Å². The Bertz CT molecular complexity index is 1260. The fraction of sp³-hybridized carbons (Fsp3) is 0.222. The Balaban J connectivity index is 1.37. The molecule has 0 unspecified atom stereocenters. The first-order valence-corrected chi connectivity index (χ1v) is 10.9. The first kappa shape index (κ1) is 19.6. The Morgan fingerprint density at radius 1 is 1.23 bits per heavy atom. The molecule has 0 fully saturated rings. The van der Waals surface area contributed by atoms with Gasteiger partial charge in [-0.05, 0) is 36.3 Å². The van der Waals surface area contributed by atoms with E-state index >= 15 is 0 Å². The lowest BCUT2D eigenvalue weighted by atomic mass is 10.0. The third-order valence-electron chi connectivity index (χ3n) is 4.28. The van der Waals surface area contributed by atoms with E-state index in [0.717, 1.165) is 28.4 Å². The number of anilines is 2. The number of benzene rings is 1. The van der Waals surface area contributed by atoms with Crippen molar-refractivity contribution in [2.24, 2.45) is 0 Å². The highest BCUT2D eigenvalue weighted by molar-refractivity contribution is 7.89. The van der Waals surface area contributed by atoms with Gasteiger partial charge in [-0.3, -0.25) is 19.7 Å². The van der Waals surface area contributed by atoms with Crippen LogP contribution in [0.4, 0.5) is 11.6 Å². The number of carbonyl (C=O) groups excluding carboxylic acids is 1. The quantitative estimate of drug-likeness (QED) is 0.441. The fourth-order valence-corrected chi connectivity index (χ4v) is 3.41. The number of aromatic nitrogens is 5. The number of ether oxygens (including phenoxy) is 1. The van der Waals surface area contributed by atoms with Gasteiger partial charge in [-0.15, -0.1) is 5.10 Å². The van der Waals surface area contributed by atoms with Crippen molar-refractivity contribution >= 4 is 44.0 Å². The summed E-state index contributed by atoms with van der Waals surface area (Å²) in [5.74, 6) is 0.950. The number of rotatable bonds is 7. The molecule has 3 aromatic rings. The maximum absolute atomic E-state index is 11.5. The van der Waals surface area contributed by atoms with Crippen LogP contribution in [0.15, 0.2) is 42.3 Å².